The van der Waals surface area contributed by atoms with Crippen LogP contribution in [0.5, 0.6) is 0 Å². The Kier molecular flexibility index (Phi) is 7.27. The lowest BCUT2D eigenvalue weighted by molar-refractivity contribution is -0.119. The summed E-state index contributed by atoms with van der Waals surface area (Å²) in [6.07, 6.45) is 4.24. The van der Waals surface area contributed by atoms with Crippen molar-refractivity contribution in [3.8, 4) is 0 Å². The summed E-state index contributed by atoms with van der Waals surface area (Å²) in [4.78, 5) is 31.8. The van der Waals surface area contributed by atoms with E-state index >= 15 is 0 Å². The number of thioether (sulfide) groups is 1. The fourth-order valence-corrected chi connectivity index (χ4v) is 2.79. The molecule has 2 amide bonds. The summed E-state index contributed by atoms with van der Waals surface area (Å²) in [6, 6.07) is -0.458. The van der Waals surface area contributed by atoms with Crippen LogP contribution in [0.3, 0.4) is 0 Å². The van der Waals surface area contributed by atoms with Crippen molar-refractivity contribution in [1.82, 2.24) is 15.3 Å². The Morgan fingerprint density at radius 3 is 2.33 bits per heavy atom. The first-order valence-electron chi connectivity index (χ1n) is 7.51. The van der Waals surface area contributed by atoms with Gasteiger partial charge in [-0.3, -0.25) is 4.79 Å². The van der Waals surface area contributed by atoms with Crippen LogP contribution in [0.2, 0.25) is 0 Å². The Balaban J connectivity index is 2.88. The quantitative estimate of drug-likeness (QED) is 0.523. The van der Waals surface area contributed by atoms with Crippen molar-refractivity contribution in [2.45, 2.75) is 38.1 Å². The molecule has 2 unspecified atom stereocenters. The minimum absolute atomic E-state index is 0.0537. The van der Waals surface area contributed by atoms with Crippen LogP contribution in [-0.4, -0.2) is 45.9 Å². The molecule has 0 radical (unpaired) electrons. The van der Waals surface area contributed by atoms with Gasteiger partial charge in [0.05, 0.1) is 0 Å². The van der Waals surface area contributed by atoms with E-state index in [4.69, 9.17) is 10.8 Å². The monoisotopic (exact) mass is 355 g/mol. The van der Waals surface area contributed by atoms with Gasteiger partial charge in [0.15, 0.2) is 0 Å². The van der Waals surface area contributed by atoms with Gasteiger partial charge in [0, 0.05) is 42.2 Å². The van der Waals surface area contributed by atoms with Crippen molar-refractivity contribution in [2.24, 2.45) is 17.1 Å². The SMILES string of the molecule is CSc1cnc(NCC(CC(N)=O)C(NC(=O)O)C(C)(C)C)nc1. The largest absolute Gasteiger partial charge is 0.465 e. The highest BCUT2D eigenvalue weighted by atomic mass is 32.2. The number of nitrogens with zero attached hydrogens (tertiary/aromatic N) is 2. The third-order valence-corrected chi connectivity index (χ3v) is 4.22. The average Bonchev–Trinajstić information content (AvgIpc) is 2.48. The smallest absolute Gasteiger partial charge is 0.404 e. The van der Waals surface area contributed by atoms with Gasteiger partial charge in [-0.2, -0.15) is 0 Å². The Morgan fingerprint density at radius 2 is 1.92 bits per heavy atom. The number of primary amides is 1. The van der Waals surface area contributed by atoms with Crippen LogP contribution in [-0.2, 0) is 4.79 Å². The molecule has 2 atom stereocenters. The minimum Gasteiger partial charge on any atom is -0.465 e. The van der Waals surface area contributed by atoms with E-state index in [0.29, 0.717) is 12.5 Å². The average molecular weight is 355 g/mol. The second-order valence-electron chi connectivity index (χ2n) is 6.55. The number of carboxylic acid groups (broad SMARTS) is 1. The zero-order valence-corrected chi connectivity index (χ0v) is 15.2. The Morgan fingerprint density at radius 1 is 1.33 bits per heavy atom. The number of anilines is 1. The van der Waals surface area contributed by atoms with Crippen LogP contribution < -0.4 is 16.4 Å². The molecule has 0 aliphatic rings. The number of aromatic nitrogens is 2. The molecule has 0 spiro atoms. The number of carbonyl (C=O) groups excluding carboxylic acids is 1. The first-order valence-corrected chi connectivity index (χ1v) is 8.73. The summed E-state index contributed by atoms with van der Waals surface area (Å²) >= 11 is 1.54. The van der Waals surface area contributed by atoms with E-state index in [1.807, 2.05) is 27.0 Å². The minimum atomic E-state index is -1.13. The van der Waals surface area contributed by atoms with E-state index in [-0.39, 0.29) is 17.8 Å². The maximum atomic E-state index is 11.4. The van der Waals surface area contributed by atoms with Gasteiger partial charge in [0.1, 0.15) is 0 Å². The fourth-order valence-electron chi connectivity index (χ4n) is 2.48. The Labute approximate surface area is 146 Å². The van der Waals surface area contributed by atoms with Gasteiger partial charge in [-0.25, -0.2) is 14.8 Å². The fraction of sp³-hybridized carbons (Fsp3) is 0.600. The number of hydrogen-bond acceptors (Lipinski definition) is 6. The summed E-state index contributed by atoms with van der Waals surface area (Å²) in [5.41, 5.74) is 4.95. The lowest BCUT2D eigenvalue weighted by atomic mass is 9.77. The molecule has 1 heterocycles. The van der Waals surface area contributed by atoms with Gasteiger partial charge in [-0.1, -0.05) is 20.8 Å². The molecule has 1 rings (SSSR count). The summed E-state index contributed by atoms with van der Waals surface area (Å²) in [6.45, 7) is 6.05. The van der Waals surface area contributed by atoms with E-state index in [0.717, 1.165) is 4.90 Å². The normalized spacial score (nSPS) is 13.8. The van der Waals surface area contributed by atoms with Crippen LogP contribution >= 0.6 is 11.8 Å². The van der Waals surface area contributed by atoms with Gasteiger partial charge in [-0.05, 0) is 11.7 Å². The molecule has 24 heavy (non-hydrogen) atoms. The number of amides is 2. The van der Waals surface area contributed by atoms with Crippen LogP contribution in [0.25, 0.3) is 0 Å². The molecule has 134 valence electrons. The van der Waals surface area contributed by atoms with Crippen LogP contribution in [0.15, 0.2) is 17.3 Å². The topological polar surface area (TPSA) is 130 Å². The van der Waals surface area contributed by atoms with Crippen molar-refractivity contribution < 1.29 is 14.7 Å². The number of nitrogens with one attached hydrogen (secondary N) is 2. The first-order chi connectivity index (χ1) is 11.1. The zero-order chi connectivity index (χ0) is 18.3. The highest BCUT2D eigenvalue weighted by Gasteiger charge is 2.34. The maximum absolute atomic E-state index is 11.4. The molecule has 0 bridgehead atoms. The van der Waals surface area contributed by atoms with Gasteiger partial charge in [-0.15, -0.1) is 11.8 Å². The molecule has 1 aromatic heterocycles. The molecule has 0 aliphatic heterocycles. The molecular weight excluding hydrogens is 330 g/mol. The second kappa shape index (κ2) is 8.72. The molecule has 0 saturated heterocycles. The lowest BCUT2D eigenvalue weighted by Crippen LogP contribution is -2.51. The number of nitrogens with two attached hydrogens (primary N) is 1. The third kappa shape index (κ3) is 6.61. The van der Waals surface area contributed by atoms with Crippen molar-refractivity contribution >= 4 is 29.7 Å². The van der Waals surface area contributed by atoms with Crippen molar-refractivity contribution in [1.29, 1.82) is 0 Å². The summed E-state index contributed by atoms with van der Waals surface area (Å²) < 4.78 is 0. The first kappa shape index (κ1) is 20.0. The molecule has 0 aromatic carbocycles. The molecule has 8 nitrogen and oxygen atoms in total. The van der Waals surface area contributed by atoms with E-state index < -0.39 is 18.0 Å². The highest BCUT2D eigenvalue weighted by molar-refractivity contribution is 7.98. The van der Waals surface area contributed by atoms with Crippen LogP contribution in [0, 0.1) is 11.3 Å². The van der Waals surface area contributed by atoms with E-state index in [9.17, 15) is 9.59 Å². The number of carbonyl (C=O) groups is 2. The zero-order valence-electron chi connectivity index (χ0n) is 14.4. The predicted molar refractivity (Wildman–Crippen MR) is 94.0 cm³/mol. The van der Waals surface area contributed by atoms with E-state index in [1.54, 1.807) is 12.4 Å². The van der Waals surface area contributed by atoms with Crippen molar-refractivity contribution in [2.75, 3.05) is 18.1 Å². The van der Waals surface area contributed by atoms with Gasteiger partial charge in [0.25, 0.3) is 0 Å². The second-order valence-corrected chi connectivity index (χ2v) is 7.43. The Hall–Kier alpha value is -2.03. The molecule has 0 fully saturated rings. The molecule has 5 N–H and O–H groups in total. The van der Waals surface area contributed by atoms with Crippen LogP contribution in [0.1, 0.15) is 27.2 Å². The third-order valence-electron chi connectivity index (χ3n) is 3.53. The number of hydrogen-bond donors (Lipinski definition) is 4. The van der Waals surface area contributed by atoms with Crippen LogP contribution in [0.4, 0.5) is 10.7 Å². The Bertz CT molecular complexity index is 559. The van der Waals surface area contributed by atoms with E-state index in [2.05, 4.69) is 20.6 Å². The lowest BCUT2D eigenvalue weighted by Gasteiger charge is -2.36. The van der Waals surface area contributed by atoms with Crippen molar-refractivity contribution in [3.63, 3.8) is 0 Å². The molecule has 0 aliphatic carbocycles. The molecular formula is C15H25N5O3S. The maximum Gasteiger partial charge on any atom is 0.404 e. The summed E-state index contributed by atoms with van der Waals surface area (Å²) in [5.74, 6) is -0.394. The molecule has 0 saturated carbocycles. The predicted octanol–water partition coefficient (Wildman–Crippen LogP) is 1.78. The van der Waals surface area contributed by atoms with Gasteiger partial charge in [0.2, 0.25) is 11.9 Å². The van der Waals surface area contributed by atoms with Crippen molar-refractivity contribution in [3.05, 3.63) is 12.4 Å². The summed E-state index contributed by atoms with van der Waals surface area (Å²) in [7, 11) is 0. The molecule has 1 aromatic rings. The number of rotatable bonds is 8. The van der Waals surface area contributed by atoms with Gasteiger partial charge < -0.3 is 21.5 Å². The standard InChI is InChI=1S/C15H25N5O3S/c1-15(2,3)12(20-14(22)23)9(5-11(16)21)6-17-13-18-7-10(24-4)8-19-13/h7-9,12,20H,5-6H2,1-4H3,(H2,16,21)(H,22,23)(H,17,18,19). The summed E-state index contributed by atoms with van der Waals surface area (Å²) in [5, 5.41) is 14.7. The van der Waals surface area contributed by atoms with E-state index in [1.165, 1.54) is 11.8 Å². The highest BCUT2D eigenvalue weighted by Crippen LogP contribution is 2.27. The molecule has 9 heteroatoms. The van der Waals surface area contributed by atoms with Gasteiger partial charge >= 0.3 is 6.09 Å².